The molecule has 4 nitrogen and oxygen atoms in total. The van der Waals surface area contributed by atoms with Gasteiger partial charge in [0.1, 0.15) is 17.5 Å². The molecule has 0 radical (unpaired) electrons. The molecule has 1 fully saturated rings. The fraction of sp³-hybridized carbons (Fsp3) is 0.438. The lowest BCUT2D eigenvalue weighted by Gasteiger charge is -2.27. The normalized spacial score (nSPS) is 13.9. The van der Waals surface area contributed by atoms with Gasteiger partial charge < -0.3 is 9.88 Å². The van der Waals surface area contributed by atoms with Gasteiger partial charge in [0.25, 0.3) is 5.56 Å². The van der Waals surface area contributed by atoms with Crippen molar-refractivity contribution in [1.82, 2.24) is 9.88 Å². The van der Waals surface area contributed by atoms with Crippen LogP contribution in [0.3, 0.4) is 0 Å². The number of hydrogen-bond acceptors (Lipinski definition) is 3. The maximum atomic E-state index is 14.5. The van der Waals surface area contributed by atoms with Gasteiger partial charge in [-0.05, 0) is 55.3 Å². The van der Waals surface area contributed by atoms with E-state index < -0.39 is 11.6 Å². The zero-order chi connectivity index (χ0) is 27.7. The van der Waals surface area contributed by atoms with Crippen molar-refractivity contribution >= 4 is 17.0 Å². The molecule has 1 N–H and O–H groups in total. The van der Waals surface area contributed by atoms with Crippen molar-refractivity contribution in [1.29, 1.82) is 0 Å². The van der Waals surface area contributed by atoms with E-state index in [2.05, 4.69) is 37.7 Å². The van der Waals surface area contributed by atoms with Crippen LogP contribution >= 0.6 is 0 Å². The Morgan fingerprint density at radius 2 is 1.74 bits per heavy atom. The van der Waals surface area contributed by atoms with E-state index in [1.165, 1.54) is 31.0 Å². The molecule has 0 unspecified atom stereocenters. The zero-order valence-electron chi connectivity index (χ0n) is 23.2. The Bertz CT molecular complexity index is 1320. The summed E-state index contributed by atoms with van der Waals surface area (Å²) < 4.78 is 30.9. The predicted molar refractivity (Wildman–Crippen MR) is 156 cm³/mol. The number of aliphatic imine (C=N–C) groups is 1. The lowest BCUT2D eigenvalue weighted by Crippen LogP contribution is -2.29. The number of nitrogens with zero attached hydrogens (tertiary/aromatic N) is 2. The predicted octanol–water partition coefficient (Wildman–Crippen LogP) is 8.46. The quantitative estimate of drug-likeness (QED) is 0.239. The van der Waals surface area contributed by atoms with E-state index in [1.54, 1.807) is 24.4 Å². The molecule has 0 spiro atoms. The summed E-state index contributed by atoms with van der Waals surface area (Å²) in [5.41, 5.74) is 1.77. The molecule has 1 aliphatic carbocycles. The van der Waals surface area contributed by atoms with Crippen LogP contribution < -0.4 is 10.9 Å². The van der Waals surface area contributed by atoms with Gasteiger partial charge in [-0.3, -0.25) is 4.79 Å². The highest BCUT2D eigenvalue weighted by Crippen LogP contribution is 2.33. The second kappa shape index (κ2) is 14.0. The lowest BCUT2D eigenvalue weighted by atomic mass is 9.93. The maximum Gasteiger partial charge on any atom is 0.258 e. The minimum absolute atomic E-state index is 0.104. The van der Waals surface area contributed by atoms with Crippen molar-refractivity contribution in [2.45, 2.75) is 85.1 Å². The van der Waals surface area contributed by atoms with Gasteiger partial charge >= 0.3 is 0 Å². The van der Waals surface area contributed by atoms with Gasteiger partial charge in [-0.25, -0.2) is 13.8 Å². The van der Waals surface area contributed by atoms with Crippen LogP contribution in [0.5, 0.6) is 0 Å². The van der Waals surface area contributed by atoms with Gasteiger partial charge in [0, 0.05) is 35.4 Å². The molecule has 6 heteroatoms. The Labute approximate surface area is 225 Å². The number of halogens is 2. The van der Waals surface area contributed by atoms with Crippen molar-refractivity contribution in [3.63, 3.8) is 0 Å². The van der Waals surface area contributed by atoms with E-state index in [0.29, 0.717) is 22.2 Å². The molecule has 1 saturated carbocycles. The van der Waals surface area contributed by atoms with Gasteiger partial charge in [-0.2, -0.15) is 0 Å². The van der Waals surface area contributed by atoms with Gasteiger partial charge in [0.15, 0.2) is 0 Å². The summed E-state index contributed by atoms with van der Waals surface area (Å²) in [6.07, 6.45) is 10.3. The van der Waals surface area contributed by atoms with E-state index in [9.17, 15) is 13.6 Å². The van der Waals surface area contributed by atoms with Crippen LogP contribution in [-0.2, 0) is 0 Å². The van der Waals surface area contributed by atoms with Gasteiger partial charge in [-0.1, -0.05) is 77.7 Å². The maximum absolute atomic E-state index is 14.5. The van der Waals surface area contributed by atoms with Crippen molar-refractivity contribution < 1.29 is 8.78 Å². The first-order valence-electron chi connectivity index (χ1n) is 13.9. The molecule has 4 rings (SSSR count). The number of benzene rings is 2. The third-order valence-corrected chi connectivity index (χ3v) is 6.91. The van der Waals surface area contributed by atoms with Crippen molar-refractivity contribution in [2.24, 2.45) is 4.99 Å². The first-order valence-corrected chi connectivity index (χ1v) is 13.9. The average molecular weight is 522 g/mol. The Morgan fingerprint density at radius 3 is 2.37 bits per heavy atom. The van der Waals surface area contributed by atoms with Crippen LogP contribution in [0.15, 0.2) is 58.6 Å². The summed E-state index contributed by atoms with van der Waals surface area (Å²) >= 11 is 0. The average Bonchev–Trinajstić information content (AvgIpc) is 2.90. The molecule has 0 amide bonds. The topological polar surface area (TPSA) is 46.4 Å². The van der Waals surface area contributed by atoms with Crippen LogP contribution in [-0.4, -0.2) is 17.3 Å². The zero-order valence-corrected chi connectivity index (χ0v) is 23.2. The molecule has 0 saturated heterocycles. The Balaban J connectivity index is 0.00000127. The first-order chi connectivity index (χ1) is 18.3. The standard InChI is InChI=1S/C29H33F2N3O.C3H8/c1-4-5-16-32-20(3)33-18-25-19(2)34(22-10-7-6-8-11-22)29(35)24-17-21(14-15-23(24)25)28-26(30)12-9-13-27(28)31;1-3-2/h9,12-15,17-18,22,32H,3-8,10-11,16H2,1-2H3;3H2,1-2H3/b33-18-;. The third kappa shape index (κ3) is 6.77. The molecule has 0 aliphatic heterocycles. The summed E-state index contributed by atoms with van der Waals surface area (Å²) in [6, 6.07) is 8.95. The monoisotopic (exact) mass is 521 g/mol. The van der Waals surface area contributed by atoms with Gasteiger partial charge in [0.05, 0.1) is 5.56 Å². The molecule has 3 aromatic rings. The number of fused-ring (bicyclic) bond motifs is 1. The summed E-state index contributed by atoms with van der Waals surface area (Å²) in [5.74, 6) is -0.743. The van der Waals surface area contributed by atoms with E-state index >= 15 is 0 Å². The van der Waals surface area contributed by atoms with Gasteiger partial charge in [0.2, 0.25) is 0 Å². The number of rotatable bonds is 8. The molecule has 38 heavy (non-hydrogen) atoms. The lowest BCUT2D eigenvalue weighted by molar-refractivity contribution is 0.343. The minimum atomic E-state index is -0.652. The first kappa shape index (κ1) is 29.3. The molecule has 0 atom stereocenters. The molecule has 1 aliphatic rings. The summed E-state index contributed by atoms with van der Waals surface area (Å²) in [7, 11) is 0. The van der Waals surface area contributed by atoms with Gasteiger partial charge in [-0.15, -0.1) is 0 Å². The molecule has 204 valence electrons. The number of unbranched alkanes of at least 4 members (excludes halogenated alkanes) is 1. The highest BCUT2D eigenvalue weighted by molar-refractivity contribution is 6.02. The number of aromatic nitrogens is 1. The van der Waals surface area contributed by atoms with E-state index in [1.807, 2.05) is 11.5 Å². The van der Waals surface area contributed by atoms with Crippen LogP contribution in [0.1, 0.15) is 89.4 Å². The fourth-order valence-corrected chi connectivity index (χ4v) is 5.03. The molecule has 0 bridgehead atoms. The molecule has 1 aromatic heterocycles. The molecular formula is C32H41F2N3O. The van der Waals surface area contributed by atoms with Crippen LogP contribution in [0, 0.1) is 18.6 Å². The third-order valence-electron chi connectivity index (χ3n) is 6.91. The number of hydrogen-bond donors (Lipinski definition) is 1. The van der Waals surface area contributed by atoms with E-state index in [4.69, 9.17) is 0 Å². The second-order valence-corrected chi connectivity index (χ2v) is 10.0. The van der Waals surface area contributed by atoms with Crippen LogP contribution in [0.2, 0.25) is 0 Å². The van der Waals surface area contributed by atoms with E-state index in [0.717, 1.165) is 56.3 Å². The largest absolute Gasteiger partial charge is 0.371 e. The second-order valence-electron chi connectivity index (χ2n) is 10.0. The minimum Gasteiger partial charge on any atom is -0.371 e. The highest BCUT2D eigenvalue weighted by Gasteiger charge is 2.22. The van der Waals surface area contributed by atoms with E-state index in [-0.39, 0.29) is 17.2 Å². The highest BCUT2D eigenvalue weighted by atomic mass is 19.1. The summed E-state index contributed by atoms with van der Waals surface area (Å²) in [6.45, 7) is 13.1. The summed E-state index contributed by atoms with van der Waals surface area (Å²) in [5, 5.41) is 4.36. The van der Waals surface area contributed by atoms with Crippen LogP contribution in [0.25, 0.3) is 21.9 Å². The smallest absolute Gasteiger partial charge is 0.258 e. The van der Waals surface area contributed by atoms with Crippen molar-refractivity contribution in [3.05, 3.63) is 82.0 Å². The molecule has 2 aromatic carbocycles. The Hall–Kier alpha value is -3.28. The van der Waals surface area contributed by atoms with Crippen molar-refractivity contribution in [2.75, 3.05) is 6.54 Å². The Kier molecular flexibility index (Phi) is 10.8. The van der Waals surface area contributed by atoms with Crippen molar-refractivity contribution in [3.8, 4) is 11.1 Å². The summed E-state index contributed by atoms with van der Waals surface area (Å²) in [4.78, 5) is 18.3. The van der Waals surface area contributed by atoms with Crippen LogP contribution in [0.4, 0.5) is 8.78 Å². The molecular weight excluding hydrogens is 480 g/mol. The number of nitrogens with one attached hydrogen (secondary N) is 1. The fourth-order valence-electron chi connectivity index (χ4n) is 5.03. The number of pyridine rings is 1. The Morgan fingerprint density at radius 1 is 1.08 bits per heavy atom. The molecule has 1 heterocycles. The SMILES string of the molecule is C=C(/N=C\c1c(C)n(C2CCCCC2)c(=O)c2cc(-c3c(F)cccc3F)ccc12)NCCCC.CCC.